The first-order valence-corrected chi connectivity index (χ1v) is 9.40. The molecule has 1 aromatic heterocycles. The summed E-state index contributed by atoms with van der Waals surface area (Å²) in [7, 11) is 0. The van der Waals surface area contributed by atoms with E-state index < -0.39 is 0 Å². The number of halogens is 1. The van der Waals surface area contributed by atoms with Crippen molar-refractivity contribution < 1.29 is 5.11 Å². The first kappa shape index (κ1) is 17.2. The van der Waals surface area contributed by atoms with E-state index in [0.29, 0.717) is 21.8 Å². The molecule has 1 N–H and O–H groups in total. The quantitative estimate of drug-likeness (QED) is 0.518. The predicted octanol–water partition coefficient (Wildman–Crippen LogP) is 3.85. The lowest BCUT2D eigenvalue weighted by molar-refractivity contribution is 0.322. The maximum atomic E-state index is 13.1. The largest absolute Gasteiger partial charge is 0.396 e. The van der Waals surface area contributed by atoms with Crippen molar-refractivity contribution in [1.29, 1.82) is 0 Å². The summed E-state index contributed by atoms with van der Waals surface area (Å²) in [5.74, 6) is 0.496. The molecular formula is C18H17BrN2O2S. The number of thioether (sulfide) groups is 1. The van der Waals surface area contributed by atoms with Crippen molar-refractivity contribution in [3.8, 4) is 0 Å². The molecular weight excluding hydrogens is 388 g/mol. The molecule has 3 aromatic rings. The lowest BCUT2D eigenvalue weighted by Gasteiger charge is -2.20. The van der Waals surface area contributed by atoms with Crippen LogP contribution in [0.5, 0.6) is 0 Å². The number of rotatable bonds is 5. The molecule has 0 aliphatic rings. The van der Waals surface area contributed by atoms with Crippen LogP contribution in [0.25, 0.3) is 10.9 Å². The van der Waals surface area contributed by atoms with Gasteiger partial charge in [-0.15, -0.1) is 0 Å². The highest BCUT2D eigenvalue weighted by Crippen LogP contribution is 2.25. The van der Waals surface area contributed by atoms with Crippen LogP contribution >= 0.6 is 27.7 Å². The summed E-state index contributed by atoms with van der Waals surface area (Å²) in [6.07, 6.45) is 0. The number of aromatic nitrogens is 2. The third-order valence-electron chi connectivity index (χ3n) is 3.82. The average molecular weight is 405 g/mol. The standard InChI is InChI=1S/C18H17BrN2O2S/c1-12(13-5-3-2-4-6-13)21-17(23)15-11-14(19)7-8-16(15)20-18(21)24-10-9-22/h2-8,11-12,22H,9-10H2,1H3/t12-/m0/s1. The SMILES string of the molecule is C[C@@H](c1ccccc1)n1c(SCCO)nc2ccc(Br)cc2c1=O. The average Bonchev–Trinajstić information content (AvgIpc) is 2.61. The van der Waals surface area contributed by atoms with Crippen molar-refractivity contribution in [2.75, 3.05) is 12.4 Å². The summed E-state index contributed by atoms with van der Waals surface area (Å²) in [4.78, 5) is 17.8. The van der Waals surface area contributed by atoms with E-state index >= 15 is 0 Å². The summed E-state index contributed by atoms with van der Waals surface area (Å²) < 4.78 is 2.56. The van der Waals surface area contributed by atoms with Crippen LogP contribution < -0.4 is 5.56 Å². The number of aliphatic hydroxyl groups is 1. The molecule has 0 amide bonds. The van der Waals surface area contributed by atoms with Gasteiger partial charge in [0, 0.05) is 10.2 Å². The number of hydrogen-bond acceptors (Lipinski definition) is 4. The van der Waals surface area contributed by atoms with E-state index in [2.05, 4.69) is 20.9 Å². The van der Waals surface area contributed by atoms with Crippen LogP contribution in [0.1, 0.15) is 18.5 Å². The van der Waals surface area contributed by atoms with Crippen molar-refractivity contribution in [2.24, 2.45) is 0 Å². The van der Waals surface area contributed by atoms with Crippen LogP contribution in [0.2, 0.25) is 0 Å². The smallest absolute Gasteiger partial charge is 0.262 e. The number of nitrogens with zero attached hydrogens (tertiary/aromatic N) is 2. The van der Waals surface area contributed by atoms with Crippen molar-refractivity contribution in [2.45, 2.75) is 18.1 Å². The van der Waals surface area contributed by atoms with E-state index in [1.54, 1.807) is 10.6 Å². The minimum atomic E-state index is -0.143. The number of aliphatic hydroxyl groups excluding tert-OH is 1. The van der Waals surface area contributed by atoms with Crippen LogP contribution in [0.4, 0.5) is 0 Å². The lowest BCUT2D eigenvalue weighted by Crippen LogP contribution is -2.27. The van der Waals surface area contributed by atoms with Gasteiger partial charge < -0.3 is 5.11 Å². The Morgan fingerprint density at radius 1 is 1.25 bits per heavy atom. The van der Waals surface area contributed by atoms with Gasteiger partial charge in [0.15, 0.2) is 5.16 Å². The Balaban J connectivity index is 2.22. The molecule has 1 atom stereocenters. The molecule has 4 nitrogen and oxygen atoms in total. The van der Waals surface area contributed by atoms with E-state index in [1.807, 2.05) is 49.4 Å². The van der Waals surface area contributed by atoms with Gasteiger partial charge >= 0.3 is 0 Å². The van der Waals surface area contributed by atoms with Crippen molar-refractivity contribution in [3.63, 3.8) is 0 Å². The molecule has 24 heavy (non-hydrogen) atoms. The summed E-state index contributed by atoms with van der Waals surface area (Å²) in [5.41, 5.74) is 1.64. The highest BCUT2D eigenvalue weighted by atomic mass is 79.9. The molecule has 0 fully saturated rings. The van der Waals surface area contributed by atoms with E-state index in [1.165, 1.54) is 11.8 Å². The molecule has 0 saturated heterocycles. The van der Waals surface area contributed by atoms with Gasteiger partial charge in [-0.25, -0.2) is 4.98 Å². The van der Waals surface area contributed by atoms with E-state index in [9.17, 15) is 4.79 Å². The first-order chi connectivity index (χ1) is 11.6. The lowest BCUT2D eigenvalue weighted by atomic mass is 10.1. The summed E-state index contributed by atoms with van der Waals surface area (Å²) >= 11 is 4.81. The van der Waals surface area contributed by atoms with E-state index in [0.717, 1.165) is 10.0 Å². The Labute approximate surface area is 152 Å². The predicted molar refractivity (Wildman–Crippen MR) is 102 cm³/mol. The molecule has 0 spiro atoms. The fraction of sp³-hybridized carbons (Fsp3) is 0.222. The third kappa shape index (κ3) is 3.41. The molecule has 1 heterocycles. The van der Waals surface area contributed by atoms with Gasteiger partial charge in [0.1, 0.15) is 0 Å². The van der Waals surface area contributed by atoms with Crippen LogP contribution in [0, 0.1) is 0 Å². The van der Waals surface area contributed by atoms with Crippen LogP contribution in [-0.4, -0.2) is 27.0 Å². The topological polar surface area (TPSA) is 55.1 Å². The van der Waals surface area contributed by atoms with Gasteiger partial charge in [-0.05, 0) is 30.7 Å². The molecule has 0 bridgehead atoms. The van der Waals surface area contributed by atoms with Gasteiger partial charge in [0.05, 0.1) is 23.6 Å². The van der Waals surface area contributed by atoms with Crippen molar-refractivity contribution >= 4 is 38.6 Å². The Morgan fingerprint density at radius 3 is 2.71 bits per heavy atom. The molecule has 124 valence electrons. The highest BCUT2D eigenvalue weighted by Gasteiger charge is 2.18. The minimum Gasteiger partial charge on any atom is -0.396 e. The monoisotopic (exact) mass is 404 g/mol. The zero-order valence-corrected chi connectivity index (χ0v) is 15.5. The van der Waals surface area contributed by atoms with Gasteiger partial charge in [-0.2, -0.15) is 0 Å². The van der Waals surface area contributed by atoms with Gasteiger partial charge in [0.25, 0.3) is 5.56 Å². The van der Waals surface area contributed by atoms with Crippen molar-refractivity contribution in [3.05, 3.63) is 68.9 Å². The van der Waals surface area contributed by atoms with Crippen LogP contribution in [0.15, 0.2) is 63.0 Å². The molecule has 6 heteroatoms. The van der Waals surface area contributed by atoms with Crippen LogP contribution in [0.3, 0.4) is 0 Å². The van der Waals surface area contributed by atoms with E-state index in [4.69, 9.17) is 5.11 Å². The van der Waals surface area contributed by atoms with Crippen LogP contribution in [-0.2, 0) is 0 Å². The first-order valence-electron chi connectivity index (χ1n) is 7.62. The Morgan fingerprint density at radius 2 is 2.00 bits per heavy atom. The second-order valence-electron chi connectivity index (χ2n) is 5.39. The van der Waals surface area contributed by atoms with Gasteiger partial charge in [-0.3, -0.25) is 9.36 Å². The molecule has 0 unspecified atom stereocenters. The maximum absolute atomic E-state index is 13.1. The van der Waals surface area contributed by atoms with Gasteiger partial charge in [0.2, 0.25) is 0 Å². The highest BCUT2D eigenvalue weighted by molar-refractivity contribution is 9.10. The third-order valence-corrected chi connectivity index (χ3v) is 5.25. The van der Waals surface area contributed by atoms with Crippen molar-refractivity contribution in [1.82, 2.24) is 9.55 Å². The number of hydrogen-bond donors (Lipinski definition) is 1. The van der Waals surface area contributed by atoms with E-state index in [-0.39, 0.29) is 18.2 Å². The Hall–Kier alpha value is -1.63. The second kappa shape index (κ2) is 7.51. The maximum Gasteiger partial charge on any atom is 0.262 e. The normalized spacial score (nSPS) is 12.5. The zero-order chi connectivity index (χ0) is 17.1. The molecule has 2 aromatic carbocycles. The second-order valence-corrected chi connectivity index (χ2v) is 7.37. The molecule has 0 aliphatic heterocycles. The summed E-state index contributed by atoms with van der Waals surface area (Å²) in [6, 6.07) is 15.3. The fourth-order valence-corrected chi connectivity index (χ4v) is 3.79. The number of fused-ring (bicyclic) bond motifs is 1. The molecule has 0 saturated carbocycles. The fourth-order valence-electron chi connectivity index (χ4n) is 2.61. The molecule has 0 aliphatic carbocycles. The number of benzene rings is 2. The Kier molecular flexibility index (Phi) is 5.38. The molecule has 3 rings (SSSR count). The summed E-state index contributed by atoms with van der Waals surface area (Å²) in [5, 5.41) is 10.4. The van der Waals surface area contributed by atoms with Gasteiger partial charge in [-0.1, -0.05) is 58.0 Å². The Bertz CT molecular complexity index is 912. The minimum absolute atomic E-state index is 0.0403. The zero-order valence-electron chi connectivity index (χ0n) is 13.1. The summed E-state index contributed by atoms with van der Waals surface area (Å²) in [6.45, 7) is 2.03. The molecule has 0 radical (unpaired) electrons.